The normalized spacial score (nSPS) is 14.7. The number of benzene rings is 2. The number of aromatic amines is 1. The van der Waals surface area contributed by atoms with Gasteiger partial charge in [-0.2, -0.15) is 9.78 Å². The molecule has 1 aliphatic rings. The van der Waals surface area contributed by atoms with Crippen molar-refractivity contribution >= 4 is 11.6 Å². The molecule has 0 bridgehead atoms. The summed E-state index contributed by atoms with van der Waals surface area (Å²) in [6, 6.07) is 16.9. The van der Waals surface area contributed by atoms with E-state index in [0.717, 1.165) is 16.9 Å². The number of hydrogen-bond acceptors (Lipinski definition) is 7. The molecule has 0 aliphatic carbocycles. The van der Waals surface area contributed by atoms with E-state index in [1.165, 1.54) is 0 Å². The van der Waals surface area contributed by atoms with Gasteiger partial charge in [0.2, 0.25) is 5.95 Å². The Morgan fingerprint density at radius 1 is 1.07 bits per heavy atom. The van der Waals surface area contributed by atoms with Crippen LogP contribution >= 0.6 is 0 Å². The molecule has 0 radical (unpaired) electrons. The molecule has 1 unspecified atom stereocenters. The highest BCUT2D eigenvalue weighted by Crippen LogP contribution is 2.40. The number of tetrazole rings is 1. The zero-order valence-electron chi connectivity index (χ0n) is 14.8. The van der Waals surface area contributed by atoms with Crippen molar-refractivity contribution in [1.29, 1.82) is 0 Å². The topological polar surface area (TPSA) is 111 Å². The van der Waals surface area contributed by atoms with E-state index < -0.39 is 6.04 Å². The lowest BCUT2D eigenvalue weighted by molar-refractivity contribution is 0.415. The van der Waals surface area contributed by atoms with Crippen molar-refractivity contribution in [3.05, 3.63) is 76.1 Å². The van der Waals surface area contributed by atoms with Crippen LogP contribution in [0, 0.1) is 0 Å². The van der Waals surface area contributed by atoms with Crippen LogP contribution in [0.25, 0.3) is 11.3 Å². The highest BCUT2D eigenvalue weighted by atomic mass is 16.5. The highest BCUT2D eigenvalue weighted by Gasteiger charge is 2.34. The van der Waals surface area contributed by atoms with E-state index in [1.54, 1.807) is 11.8 Å². The first-order valence-corrected chi connectivity index (χ1v) is 8.63. The Kier molecular flexibility index (Phi) is 3.64. The van der Waals surface area contributed by atoms with Crippen molar-refractivity contribution in [3.8, 4) is 17.0 Å². The van der Waals surface area contributed by atoms with Gasteiger partial charge in [-0.1, -0.05) is 35.4 Å². The second-order valence-corrected chi connectivity index (χ2v) is 6.30. The first kappa shape index (κ1) is 16.2. The van der Waals surface area contributed by atoms with E-state index in [0.29, 0.717) is 22.9 Å². The van der Waals surface area contributed by atoms with E-state index in [4.69, 9.17) is 4.74 Å². The van der Waals surface area contributed by atoms with E-state index in [1.807, 2.05) is 54.6 Å². The number of nitrogens with one attached hydrogen (secondary N) is 2. The van der Waals surface area contributed by atoms with Gasteiger partial charge in [-0.25, -0.2) is 5.10 Å². The van der Waals surface area contributed by atoms with E-state index in [-0.39, 0.29) is 5.56 Å². The summed E-state index contributed by atoms with van der Waals surface area (Å²) < 4.78 is 6.90. The minimum absolute atomic E-state index is 0.331. The number of nitrogens with zero attached hydrogens (tertiary/aromatic N) is 5. The van der Waals surface area contributed by atoms with Gasteiger partial charge in [-0.15, -0.1) is 0 Å². The van der Waals surface area contributed by atoms with Crippen LogP contribution in [0.2, 0.25) is 0 Å². The van der Waals surface area contributed by atoms with E-state index >= 15 is 0 Å². The summed E-state index contributed by atoms with van der Waals surface area (Å²) in [6.07, 6.45) is 0. The number of methoxy groups -OCH3 is 1. The standard InChI is InChI=1S/C19H15N7O2/c1-28-13-9-7-11(8-10-13)15-14-16(18(27)22-21-15)20-19-23-24-25-26(19)17(14)12-5-3-2-4-6-12/h2-10,17H,1H3,(H,22,27)(H,20,23,25). The number of fused-ring (bicyclic) bond motifs is 2. The van der Waals surface area contributed by atoms with E-state index in [9.17, 15) is 4.79 Å². The molecule has 0 spiro atoms. The third-order valence-corrected chi connectivity index (χ3v) is 4.75. The Labute approximate surface area is 159 Å². The molecule has 2 aromatic carbocycles. The van der Waals surface area contributed by atoms with Gasteiger partial charge in [-0.05, 0) is 40.3 Å². The molecule has 28 heavy (non-hydrogen) atoms. The van der Waals surface area contributed by atoms with Gasteiger partial charge in [0.25, 0.3) is 5.56 Å². The molecule has 5 rings (SSSR count). The SMILES string of the molecule is COc1ccc(-c2n[nH]c(=O)c3c2C(c2ccccc2)n2nnnc2N3)cc1. The third-order valence-electron chi connectivity index (χ3n) is 4.75. The Balaban J connectivity index is 1.79. The summed E-state index contributed by atoms with van der Waals surface area (Å²) in [5, 5.41) is 21.9. The van der Waals surface area contributed by atoms with Crippen LogP contribution in [0.5, 0.6) is 5.75 Å². The Morgan fingerprint density at radius 3 is 2.61 bits per heavy atom. The van der Waals surface area contributed by atoms with Crippen LogP contribution in [0.15, 0.2) is 59.4 Å². The Hall–Kier alpha value is -4.01. The number of anilines is 2. The van der Waals surface area contributed by atoms with E-state index in [2.05, 4.69) is 31.0 Å². The fourth-order valence-electron chi connectivity index (χ4n) is 3.45. The fraction of sp³-hybridized carbons (Fsp3) is 0.105. The summed E-state index contributed by atoms with van der Waals surface area (Å²) in [5.41, 5.74) is 3.19. The Bertz CT molecular complexity index is 1200. The number of aromatic nitrogens is 6. The maximum Gasteiger partial charge on any atom is 0.288 e. The summed E-state index contributed by atoms with van der Waals surface area (Å²) >= 11 is 0. The lowest BCUT2D eigenvalue weighted by atomic mass is 9.92. The van der Waals surface area contributed by atoms with Gasteiger partial charge in [0.1, 0.15) is 17.5 Å². The quantitative estimate of drug-likeness (QED) is 0.498. The van der Waals surface area contributed by atoms with Gasteiger partial charge >= 0.3 is 0 Å². The van der Waals surface area contributed by atoms with Gasteiger partial charge in [0, 0.05) is 11.1 Å². The molecular formula is C19H15N7O2. The predicted molar refractivity (Wildman–Crippen MR) is 102 cm³/mol. The second-order valence-electron chi connectivity index (χ2n) is 6.30. The molecule has 2 N–H and O–H groups in total. The van der Waals surface area contributed by atoms with Gasteiger partial charge in [0.05, 0.1) is 12.8 Å². The van der Waals surface area contributed by atoms with Crippen LogP contribution in [0.4, 0.5) is 11.6 Å². The van der Waals surface area contributed by atoms with Crippen LogP contribution in [-0.2, 0) is 0 Å². The molecule has 1 aliphatic heterocycles. The van der Waals surface area contributed by atoms with Crippen molar-refractivity contribution in [2.75, 3.05) is 12.4 Å². The molecule has 9 heteroatoms. The first-order valence-electron chi connectivity index (χ1n) is 8.63. The van der Waals surface area contributed by atoms with Crippen LogP contribution in [0.1, 0.15) is 17.2 Å². The molecule has 0 fully saturated rings. The molecule has 0 saturated heterocycles. The van der Waals surface area contributed by atoms with Gasteiger partial charge in [0.15, 0.2) is 0 Å². The summed E-state index contributed by atoms with van der Waals surface area (Å²) in [6.45, 7) is 0. The smallest absolute Gasteiger partial charge is 0.288 e. The maximum absolute atomic E-state index is 12.6. The monoisotopic (exact) mass is 373 g/mol. The molecule has 1 atom stereocenters. The third kappa shape index (κ3) is 2.44. The second kappa shape index (κ2) is 6.31. The number of ether oxygens (including phenoxy) is 1. The minimum Gasteiger partial charge on any atom is -0.497 e. The Morgan fingerprint density at radius 2 is 1.86 bits per heavy atom. The van der Waals surface area contributed by atoms with Crippen molar-refractivity contribution in [3.63, 3.8) is 0 Å². The summed E-state index contributed by atoms with van der Waals surface area (Å²) in [4.78, 5) is 12.6. The van der Waals surface area contributed by atoms with Gasteiger partial charge in [-0.3, -0.25) is 4.79 Å². The molecule has 0 saturated carbocycles. The molecule has 9 nitrogen and oxygen atoms in total. The molecular weight excluding hydrogens is 358 g/mol. The van der Waals surface area contributed by atoms with Gasteiger partial charge < -0.3 is 10.1 Å². The highest BCUT2D eigenvalue weighted by molar-refractivity contribution is 5.75. The molecule has 4 aromatic rings. The molecule has 0 amide bonds. The van der Waals surface area contributed by atoms with Crippen molar-refractivity contribution in [2.24, 2.45) is 0 Å². The average Bonchev–Trinajstić information content (AvgIpc) is 3.22. The summed E-state index contributed by atoms with van der Waals surface area (Å²) in [5.74, 6) is 1.14. The largest absolute Gasteiger partial charge is 0.497 e. The van der Waals surface area contributed by atoms with Crippen molar-refractivity contribution in [2.45, 2.75) is 6.04 Å². The fourth-order valence-corrected chi connectivity index (χ4v) is 3.45. The number of hydrogen-bond donors (Lipinski definition) is 2. The summed E-state index contributed by atoms with van der Waals surface area (Å²) in [7, 11) is 1.61. The number of H-pyrrole nitrogens is 1. The van der Waals surface area contributed by atoms with Crippen molar-refractivity contribution in [1.82, 2.24) is 30.4 Å². The van der Waals surface area contributed by atoms with Crippen LogP contribution in [-0.4, -0.2) is 37.5 Å². The average molecular weight is 373 g/mol. The zero-order valence-corrected chi connectivity index (χ0v) is 14.8. The number of rotatable bonds is 3. The molecule has 3 heterocycles. The predicted octanol–water partition coefficient (Wildman–Crippen LogP) is 2.13. The minimum atomic E-state index is -0.394. The van der Waals surface area contributed by atoms with Crippen LogP contribution < -0.4 is 15.6 Å². The zero-order chi connectivity index (χ0) is 19.1. The lowest BCUT2D eigenvalue weighted by Crippen LogP contribution is -2.29. The van der Waals surface area contributed by atoms with Crippen molar-refractivity contribution < 1.29 is 4.74 Å². The lowest BCUT2D eigenvalue weighted by Gasteiger charge is -2.27. The molecule has 2 aromatic heterocycles. The maximum atomic E-state index is 12.6. The van der Waals surface area contributed by atoms with Crippen LogP contribution in [0.3, 0.4) is 0 Å². The molecule has 138 valence electrons. The first-order chi connectivity index (χ1) is 13.8.